The van der Waals surface area contributed by atoms with Gasteiger partial charge in [-0.2, -0.15) is 4.98 Å². The van der Waals surface area contributed by atoms with Crippen molar-refractivity contribution < 1.29 is 24.3 Å². The zero-order chi connectivity index (χ0) is 26.1. The van der Waals surface area contributed by atoms with Gasteiger partial charge in [0.05, 0.1) is 0 Å². The molecule has 190 valence electrons. The highest BCUT2D eigenvalue weighted by Gasteiger charge is 2.54. The van der Waals surface area contributed by atoms with E-state index in [4.69, 9.17) is 10.6 Å². The van der Waals surface area contributed by atoms with E-state index in [1.54, 1.807) is 0 Å². The molecule has 4 heterocycles. The van der Waals surface area contributed by atoms with Crippen molar-refractivity contribution in [1.82, 2.24) is 30.0 Å². The normalized spacial score (nSPS) is 19.6. The number of anilines is 1. The van der Waals surface area contributed by atoms with E-state index in [0.717, 1.165) is 28.0 Å². The lowest BCUT2D eigenvalue weighted by atomic mass is 10.0. The molecule has 2 aliphatic rings. The zero-order valence-electron chi connectivity index (χ0n) is 18.6. The highest BCUT2D eigenvalue weighted by Crippen LogP contribution is 2.41. The number of carbonyl (C=O) groups is 3. The summed E-state index contributed by atoms with van der Waals surface area (Å²) >= 11 is 3.41. The third kappa shape index (κ3) is 4.73. The molecule has 15 nitrogen and oxygen atoms in total. The van der Waals surface area contributed by atoms with Gasteiger partial charge in [0.15, 0.2) is 16.0 Å². The van der Waals surface area contributed by atoms with E-state index in [-0.39, 0.29) is 38.9 Å². The lowest BCUT2D eigenvalue weighted by Crippen LogP contribution is -2.71. The predicted octanol–water partition coefficient (Wildman–Crippen LogP) is -1.61. The number of H-pyrrole nitrogens is 1. The number of thiazole rings is 1. The molecule has 0 saturated carbocycles. The third-order valence-electron chi connectivity index (χ3n) is 5.02. The molecule has 2 atom stereocenters. The zero-order valence-corrected chi connectivity index (χ0v) is 21.0. The molecule has 18 heteroatoms. The molecular weight excluding hydrogens is 536 g/mol. The number of oxime groups is 1. The fraction of sp³-hybridized carbons (Fsp3) is 0.333. The molecule has 36 heavy (non-hydrogen) atoms. The Morgan fingerprint density at radius 2 is 2.14 bits per heavy atom. The summed E-state index contributed by atoms with van der Waals surface area (Å²) in [4.78, 5) is 74.3. The molecule has 4 rings (SSSR count). The van der Waals surface area contributed by atoms with E-state index in [1.807, 2.05) is 0 Å². The number of thioether (sulfide) groups is 2. The number of hydrogen-bond donors (Lipinski definition) is 4. The first kappa shape index (κ1) is 25.5. The molecule has 2 aromatic rings. The molecule has 2 aliphatic heterocycles. The lowest BCUT2D eigenvalue weighted by molar-refractivity contribution is -0.150. The first-order valence-corrected chi connectivity index (χ1v) is 12.9. The van der Waals surface area contributed by atoms with Gasteiger partial charge in [0, 0.05) is 23.9 Å². The van der Waals surface area contributed by atoms with Crippen molar-refractivity contribution in [2.24, 2.45) is 12.2 Å². The van der Waals surface area contributed by atoms with Gasteiger partial charge in [-0.05, 0) is 5.57 Å². The van der Waals surface area contributed by atoms with Gasteiger partial charge in [-0.25, -0.2) is 9.78 Å². The number of nitrogen functional groups attached to an aromatic ring is 1. The number of aromatic nitrogens is 4. The maximum absolute atomic E-state index is 12.9. The number of nitrogens with zero attached hydrogens (tertiary/aromatic N) is 5. The maximum Gasteiger partial charge on any atom is 0.352 e. The van der Waals surface area contributed by atoms with Gasteiger partial charge in [-0.15, -0.1) is 23.1 Å². The number of hydrogen-bond acceptors (Lipinski definition) is 13. The van der Waals surface area contributed by atoms with Gasteiger partial charge in [-0.1, -0.05) is 16.9 Å². The Morgan fingerprint density at radius 3 is 2.78 bits per heavy atom. The quantitative estimate of drug-likeness (QED) is 0.0953. The van der Waals surface area contributed by atoms with Gasteiger partial charge in [0.25, 0.3) is 11.8 Å². The van der Waals surface area contributed by atoms with Crippen molar-refractivity contribution in [2.45, 2.75) is 16.6 Å². The number of carbonyl (C=O) groups excluding carboxylic acids is 2. The lowest BCUT2D eigenvalue weighted by Gasteiger charge is -2.49. The number of carboxylic acids is 1. The van der Waals surface area contributed by atoms with E-state index >= 15 is 0 Å². The Labute approximate surface area is 213 Å². The van der Waals surface area contributed by atoms with E-state index in [2.05, 4.69) is 25.5 Å². The standard InChI is InChI=1S/C18H18N8O7S3/c1-25-18(22-12(28)13(29)23-25)36-4-6-3-34-15-9(14(30)26(15)10(6)16(31)32)21-11(27)8(24-33-2)7-5-35-17(19)20-7/h5,9,15H,3-4H2,1-2H3,(H2,19,20)(H,21,27)(H,23,29)(H,31,32)/t9?,15-/m0/s1. The van der Waals surface area contributed by atoms with Crippen LogP contribution < -0.4 is 22.2 Å². The number of aliphatic carboxylic acids is 1. The van der Waals surface area contributed by atoms with Crippen LogP contribution in [0.4, 0.5) is 5.13 Å². The fourth-order valence-electron chi connectivity index (χ4n) is 3.44. The number of nitrogens with one attached hydrogen (secondary N) is 2. The molecule has 0 aromatic carbocycles. The van der Waals surface area contributed by atoms with Gasteiger partial charge in [0.2, 0.25) is 0 Å². The summed E-state index contributed by atoms with van der Waals surface area (Å²) in [5.74, 6) is -2.30. The average molecular weight is 555 g/mol. The van der Waals surface area contributed by atoms with Crippen LogP contribution in [0.2, 0.25) is 0 Å². The monoisotopic (exact) mass is 554 g/mol. The Kier molecular flexibility index (Phi) is 7.18. The summed E-state index contributed by atoms with van der Waals surface area (Å²) < 4.78 is 1.25. The summed E-state index contributed by atoms with van der Waals surface area (Å²) in [7, 11) is 2.74. The molecule has 1 unspecified atom stereocenters. The van der Waals surface area contributed by atoms with Crippen LogP contribution in [0.5, 0.6) is 0 Å². The third-order valence-corrected chi connectivity index (χ3v) is 8.15. The Bertz CT molecular complexity index is 1430. The van der Waals surface area contributed by atoms with Crippen LogP contribution in [0.1, 0.15) is 5.69 Å². The summed E-state index contributed by atoms with van der Waals surface area (Å²) in [6, 6.07) is -0.995. The first-order chi connectivity index (χ1) is 17.1. The summed E-state index contributed by atoms with van der Waals surface area (Å²) in [5, 5.41) is 19.6. The highest BCUT2D eigenvalue weighted by molar-refractivity contribution is 8.01. The number of aromatic amines is 1. The van der Waals surface area contributed by atoms with Crippen molar-refractivity contribution >= 4 is 63.5 Å². The molecule has 0 spiro atoms. The number of nitrogens with two attached hydrogens (primary N) is 1. The van der Waals surface area contributed by atoms with Crippen LogP contribution in [0, 0.1) is 0 Å². The largest absolute Gasteiger partial charge is 0.477 e. The number of fused-ring (bicyclic) bond motifs is 1. The van der Waals surface area contributed by atoms with Crippen LogP contribution in [-0.4, -0.2) is 83.3 Å². The second-order valence-corrected chi connectivity index (χ2v) is 10.2. The molecule has 0 radical (unpaired) electrons. The van der Waals surface area contributed by atoms with Gasteiger partial charge in [-0.3, -0.25) is 33.9 Å². The van der Waals surface area contributed by atoms with Crippen molar-refractivity contribution in [3.8, 4) is 0 Å². The average Bonchev–Trinajstić information content (AvgIpc) is 3.27. The molecular formula is C18H18N8O7S3. The SMILES string of the molecule is CON=C(C(=O)NC1C(=O)N2C(C(=O)O)=C(CSc3nc(=O)c(=O)[nH]n3C)CS[C@@H]12)c1csc(N)n1. The Morgan fingerprint density at radius 1 is 1.39 bits per heavy atom. The van der Waals surface area contributed by atoms with Crippen molar-refractivity contribution in [3.63, 3.8) is 0 Å². The molecule has 2 amide bonds. The van der Waals surface area contributed by atoms with Crippen LogP contribution in [0.3, 0.4) is 0 Å². The Hall–Kier alpha value is -3.64. The minimum Gasteiger partial charge on any atom is -0.477 e. The van der Waals surface area contributed by atoms with Crippen molar-refractivity contribution in [1.29, 1.82) is 0 Å². The first-order valence-electron chi connectivity index (χ1n) is 9.96. The van der Waals surface area contributed by atoms with Crippen molar-refractivity contribution in [3.05, 3.63) is 43.1 Å². The Balaban J connectivity index is 1.51. The second kappa shape index (κ2) is 10.2. The minimum absolute atomic E-state index is 0.102. The van der Waals surface area contributed by atoms with Crippen molar-refractivity contribution in [2.75, 3.05) is 24.3 Å². The molecule has 1 saturated heterocycles. The van der Waals surface area contributed by atoms with Crippen LogP contribution in [0.25, 0.3) is 0 Å². The molecule has 5 N–H and O–H groups in total. The van der Waals surface area contributed by atoms with Gasteiger partial charge in [0.1, 0.15) is 29.9 Å². The maximum atomic E-state index is 12.9. The summed E-state index contributed by atoms with van der Waals surface area (Å²) in [6.45, 7) is 0. The van der Waals surface area contributed by atoms with Gasteiger partial charge >= 0.3 is 17.1 Å². The second-order valence-electron chi connectivity index (χ2n) is 7.30. The number of amides is 2. The van der Waals surface area contributed by atoms with Crippen LogP contribution in [0.15, 0.2) is 36.6 Å². The van der Waals surface area contributed by atoms with E-state index in [0.29, 0.717) is 5.57 Å². The van der Waals surface area contributed by atoms with E-state index in [9.17, 15) is 29.1 Å². The highest BCUT2D eigenvalue weighted by atomic mass is 32.2. The molecule has 1 fully saturated rings. The number of aryl methyl sites for hydroxylation is 1. The fourth-order valence-corrected chi connectivity index (χ4v) is 6.39. The summed E-state index contributed by atoms with van der Waals surface area (Å²) in [5.41, 5.74) is 4.00. The smallest absolute Gasteiger partial charge is 0.352 e. The minimum atomic E-state index is -1.31. The summed E-state index contributed by atoms with van der Waals surface area (Å²) in [6.07, 6.45) is 0. The predicted molar refractivity (Wildman–Crippen MR) is 131 cm³/mol. The number of β-lactam (4-membered cyclic amide) rings is 1. The van der Waals surface area contributed by atoms with Crippen LogP contribution >= 0.6 is 34.9 Å². The van der Waals surface area contributed by atoms with E-state index < -0.39 is 40.3 Å². The number of carboxylic acid groups (broad SMARTS) is 1. The van der Waals surface area contributed by atoms with E-state index in [1.165, 1.54) is 36.0 Å². The topological polar surface area (TPSA) is 215 Å². The molecule has 2 aromatic heterocycles. The van der Waals surface area contributed by atoms with Gasteiger partial charge < -0.3 is 21.0 Å². The molecule has 0 aliphatic carbocycles. The van der Waals surface area contributed by atoms with Crippen LogP contribution in [-0.2, 0) is 26.3 Å². The molecule has 0 bridgehead atoms. The number of rotatable bonds is 8.